The van der Waals surface area contributed by atoms with Gasteiger partial charge in [-0.1, -0.05) is 18.2 Å². The SMILES string of the molecule is CCNC(=NCc1cc(N(C)C)nc2ccccc12)N1CCN(CC(=O)NC2CC2)CC1. The highest BCUT2D eigenvalue weighted by Crippen LogP contribution is 2.23. The summed E-state index contributed by atoms with van der Waals surface area (Å²) in [6, 6.07) is 10.8. The van der Waals surface area contributed by atoms with E-state index in [1.165, 1.54) is 5.56 Å². The number of aliphatic imine (C=N–C) groups is 1. The first-order chi connectivity index (χ1) is 15.5. The Morgan fingerprint density at radius 2 is 1.94 bits per heavy atom. The molecule has 1 aromatic heterocycles. The Labute approximate surface area is 190 Å². The van der Waals surface area contributed by atoms with Crippen LogP contribution in [0.1, 0.15) is 25.3 Å². The molecule has 1 saturated carbocycles. The Hall–Kier alpha value is -2.87. The largest absolute Gasteiger partial charge is 0.363 e. The van der Waals surface area contributed by atoms with E-state index in [0.717, 1.165) is 68.2 Å². The molecule has 0 radical (unpaired) electrons. The van der Waals surface area contributed by atoms with Crippen LogP contribution in [0.15, 0.2) is 35.3 Å². The number of carbonyl (C=O) groups excluding carboxylic acids is 1. The maximum Gasteiger partial charge on any atom is 0.234 e. The Bertz CT molecular complexity index is 962. The van der Waals surface area contributed by atoms with E-state index in [4.69, 9.17) is 9.98 Å². The van der Waals surface area contributed by atoms with Gasteiger partial charge in [0.1, 0.15) is 5.82 Å². The fourth-order valence-corrected chi connectivity index (χ4v) is 4.00. The van der Waals surface area contributed by atoms with Gasteiger partial charge < -0.3 is 20.4 Å². The molecular formula is C24H35N7O. The Balaban J connectivity index is 1.43. The van der Waals surface area contributed by atoms with Gasteiger partial charge in [-0.15, -0.1) is 0 Å². The van der Waals surface area contributed by atoms with E-state index in [1.54, 1.807) is 0 Å². The fourth-order valence-electron chi connectivity index (χ4n) is 4.00. The number of anilines is 1. The summed E-state index contributed by atoms with van der Waals surface area (Å²) in [6.07, 6.45) is 2.26. The quantitative estimate of drug-likeness (QED) is 0.507. The molecule has 8 nitrogen and oxygen atoms in total. The second-order valence-electron chi connectivity index (χ2n) is 8.83. The highest BCUT2D eigenvalue weighted by Gasteiger charge is 2.26. The number of nitrogens with one attached hydrogen (secondary N) is 2. The molecule has 32 heavy (non-hydrogen) atoms. The fraction of sp³-hybridized carbons (Fsp3) is 0.542. The van der Waals surface area contributed by atoms with Gasteiger partial charge in [-0.3, -0.25) is 9.69 Å². The number of aromatic nitrogens is 1. The van der Waals surface area contributed by atoms with E-state index in [-0.39, 0.29) is 5.91 Å². The predicted octanol–water partition coefficient (Wildman–Crippen LogP) is 1.66. The molecule has 2 aromatic rings. The predicted molar refractivity (Wildman–Crippen MR) is 130 cm³/mol. The molecule has 2 aliphatic rings. The summed E-state index contributed by atoms with van der Waals surface area (Å²) in [5, 5.41) is 7.67. The maximum atomic E-state index is 12.1. The smallest absolute Gasteiger partial charge is 0.234 e. The number of piperazine rings is 1. The molecule has 1 aliphatic carbocycles. The van der Waals surface area contributed by atoms with E-state index in [0.29, 0.717) is 19.1 Å². The molecule has 0 atom stereocenters. The summed E-state index contributed by atoms with van der Waals surface area (Å²) >= 11 is 0. The number of guanidine groups is 1. The van der Waals surface area contributed by atoms with Crippen molar-refractivity contribution >= 4 is 28.6 Å². The molecule has 1 amide bonds. The van der Waals surface area contributed by atoms with Crippen LogP contribution >= 0.6 is 0 Å². The van der Waals surface area contributed by atoms with Crippen molar-refractivity contribution in [2.24, 2.45) is 4.99 Å². The van der Waals surface area contributed by atoms with Gasteiger partial charge >= 0.3 is 0 Å². The average molecular weight is 438 g/mol. The number of carbonyl (C=O) groups is 1. The van der Waals surface area contributed by atoms with E-state index in [9.17, 15) is 4.79 Å². The van der Waals surface area contributed by atoms with E-state index >= 15 is 0 Å². The third-order valence-electron chi connectivity index (χ3n) is 5.96. The van der Waals surface area contributed by atoms with Crippen LogP contribution in [0, 0.1) is 0 Å². The molecule has 1 saturated heterocycles. The van der Waals surface area contributed by atoms with Gasteiger partial charge in [0.25, 0.3) is 0 Å². The average Bonchev–Trinajstić information content (AvgIpc) is 3.60. The van der Waals surface area contributed by atoms with Gasteiger partial charge in [0.2, 0.25) is 5.91 Å². The lowest BCUT2D eigenvalue weighted by atomic mass is 10.1. The number of rotatable bonds is 7. The number of benzene rings is 1. The summed E-state index contributed by atoms with van der Waals surface area (Å²) < 4.78 is 0. The highest BCUT2D eigenvalue weighted by atomic mass is 16.2. The molecule has 0 bridgehead atoms. The number of hydrogen-bond donors (Lipinski definition) is 2. The minimum absolute atomic E-state index is 0.155. The Morgan fingerprint density at radius 1 is 1.19 bits per heavy atom. The maximum absolute atomic E-state index is 12.1. The van der Waals surface area contributed by atoms with Gasteiger partial charge in [-0.05, 0) is 37.5 Å². The molecule has 4 rings (SSSR count). The van der Waals surface area contributed by atoms with Crippen molar-refractivity contribution in [3.05, 3.63) is 35.9 Å². The summed E-state index contributed by atoms with van der Waals surface area (Å²) in [6.45, 7) is 7.47. The normalized spacial score (nSPS) is 17.5. The van der Waals surface area contributed by atoms with Gasteiger partial charge in [-0.2, -0.15) is 0 Å². The third-order valence-corrected chi connectivity index (χ3v) is 5.96. The molecule has 2 N–H and O–H groups in total. The van der Waals surface area contributed by atoms with Crippen molar-refractivity contribution in [1.29, 1.82) is 0 Å². The lowest BCUT2D eigenvalue weighted by molar-refractivity contribution is -0.122. The van der Waals surface area contributed by atoms with Crippen molar-refractivity contribution in [1.82, 2.24) is 25.4 Å². The number of para-hydroxylation sites is 1. The zero-order chi connectivity index (χ0) is 22.5. The van der Waals surface area contributed by atoms with Crippen LogP contribution in [-0.4, -0.2) is 86.1 Å². The zero-order valence-electron chi connectivity index (χ0n) is 19.5. The van der Waals surface area contributed by atoms with Crippen molar-refractivity contribution < 1.29 is 4.79 Å². The van der Waals surface area contributed by atoms with E-state index in [1.807, 2.05) is 25.1 Å². The first kappa shape index (κ1) is 22.3. The molecule has 0 unspecified atom stereocenters. The lowest BCUT2D eigenvalue weighted by Crippen LogP contribution is -2.54. The Kier molecular flexibility index (Phi) is 7.09. The van der Waals surface area contributed by atoms with Gasteiger partial charge in [0.05, 0.1) is 18.6 Å². The van der Waals surface area contributed by atoms with Gasteiger partial charge in [0, 0.05) is 58.2 Å². The van der Waals surface area contributed by atoms with Crippen LogP contribution in [-0.2, 0) is 11.3 Å². The standard InChI is InChI=1S/C24H35N7O/c1-4-25-24(31-13-11-30(12-14-31)17-23(32)27-19-9-10-19)26-16-18-15-22(29(2)3)28-21-8-6-5-7-20(18)21/h5-8,15,19H,4,9-14,16-17H2,1-3H3,(H,25,26)(H,27,32). The number of pyridine rings is 1. The monoisotopic (exact) mass is 437 g/mol. The number of fused-ring (bicyclic) bond motifs is 1. The summed E-state index contributed by atoms with van der Waals surface area (Å²) in [4.78, 5) is 28.4. The van der Waals surface area contributed by atoms with E-state index < -0.39 is 0 Å². The lowest BCUT2D eigenvalue weighted by Gasteiger charge is -2.36. The first-order valence-electron chi connectivity index (χ1n) is 11.6. The summed E-state index contributed by atoms with van der Waals surface area (Å²) in [7, 11) is 4.03. The van der Waals surface area contributed by atoms with Crippen molar-refractivity contribution in [2.75, 3.05) is 58.3 Å². The zero-order valence-corrected chi connectivity index (χ0v) is 19.5. The van der Waals surface area contributed by atoms with Crippen molar-refractivity contribution in [3.63, 3.8) is 0 Å². The van der Waals surface area contributed by atoms with Crippen LogP contribution in [0.4, 0.5) is 5.82 Å². The van der Waals surface area contributed by atoms with Crippen LogP contribution in [0.2, 0.25) is 0 Å². The second-order valence-corrected chi connectivity index (χ2v) is 8.83. The van der Waals surface area contributed by atoms with Crippen LogP contribution in [0.25, 0.3) is 10.9 Å². The van der Waals surface area contributed by atoms with Crippen LogP contribution in [0.3, 0.4) is 0 Å². The topological polar surface area (TPSA) is 76.1 Å². The van der Waals surface area contributed by atoms with Crippen LogP contribution < -0.4 is 15.5 Å². The molecular weight excluding hydrogens is 402 g/mol. The number of amides is 1. The van der Waals surface area contributed by atoms with Crippen molar-refractivity contribution in [3.8, 4) is 0 Å². The summed E-state index contributed by atoms with van der Waals surface area (Å²) in [5.74, 6) is 2.03. The third kappa shape index (κ3) is 5.68. The molecule has 1 aliphatic heterocycles. The molecule has 2 fully saturated rings. The molecule has 8 heteroatoms. The molecule has 2 heterocycles. The van der Waals surface area contributed by atoms with Gasteiger partial charge in [0.15, 0.2) is 5.96 Å². The molecule has 172 valence electrons. The minimum Gasteiger partial charge on any atom is -0.363 e. The highest BCUT2D eigenvalue weighted by molar-refractivity contribution is 5.85. The van der Waals surface area contributed by atoms with Gasteiger partial charge in [-0.25, -0.2) is 9.98 Å². The minimum atomic E-state index is 0.155. The molecule has 1 aromatic carbocycles. The second kappa shape index (κ2) is 10.2. The van der Waals surface area contributed by atoms with Crippen molar-refractivity contribution in [2.45, 2.75) is 32.4 Å². The number of hydrogen-bond acceptors (Lipinski definition) is 5. The number of nitrogens with zero attached hydrogens (tertiary/aromatic N) is 5. The Morgan fingerprint density at radius 3 is 2.62 bits per heavy atom. The van der Waals surface area contributed by atoms with E-state index in [2.05, 4.69) is 51.6 Å². The summed E-state index contributed by atoms with van der Waals surface area (Å²) in [5.41, 5.74) is 2.16. The van der Waals surface area contributed by atoms with Crippen LogP contribution in [0.5, 0.6) is 0 Å². The molecule has 0 spiro atoms. The first-order valence-corrected chi connectivity index (χ1v) is 11.6.